The van der Waals surface area contributed by atoms with Crippen molar-refractivity contribution in [3.63, 3.8) is 0 Å². The van der Waals surface area contributed by atoms with E-state index in [1.54, 1.807) is 0 Å². The number of hydrogen-bond donors (Lipinski definition) is 2. The highest BCUT2D eigenvalue weighted by Crippen LogP contribution is 2.34. The molecule has 2 aromatic heterocycles. The number of nitrogens with one attached hydrogen (secondary N) is 1. The van der Waals surface area contributed by atoms with Crippen molar-refractivity contribution in [3.8, 4) is 11.3 Å². The average molecular weight is 340 g/mol. The third-order valence-corrected chi connectivity index (χ3v) is 4.40. The minimum Gasteiger partial charge on any atom is -0.394 e. The molecule has 2 N–H and O–H groups in total. The van der Waals surface area contributed by atoms with Gasteiger partial charge < -0.3 is 14.9 Å². The van der Waals surface area contributed by atoms with Gasteiger partial charge in [-0.1, -0.05) is 29.8 Å². The molecule has 0 fully saturated rings. The zero-order valence-corrected chi connectivity index (χ0v) is 15.3. The van der Waals surface area contributed by atoms with Crippen LogP contribution in [-0.4, -0.2) is 32.9 Å². The Labute approximate surface area is 147 Å². The molecule has 0 bridgehead atoms. The maximum absolute atomic E-state index is 9.46. The van der Waals surface area contributed by atoms with Gasteiger partial charge in [-0.15, -0.1) is 0 Å². The maximum atomic E-state index is 9.46. The van der Waals surface area contributed by atoms with Crippen LogP contribution in [0.15, 0.2) is 16.7 Å². The molecule has 0 aliphatic rings. The zero-order chi connectivity index (χ0) is 18.1. The van der Waals surface area contributed by atoms with E-state index in [1.165, 1.54) is 5.56 Å². The molecule has 1 atom stereocenters. The Bertz CT molecular complexity index is 890. The number of aliphatic hydroxyl groups is 1. The summed E-state index contributed by atoms with van der Waals surface area (Å²) in [4.78, 5) is 9.00. The molecule has 1 unspecified atom stereocenters. The van der Waals surface area contributed by atoms with Crippen LogP contribution in [0.1, 0.15) is 35.9 Å². The van der Waals surface area contributed by atoms with Crippen molar-refractivity contribution in [2.75, 3.05) is 11.9 Å². The molecule has 6 nitrogen and oxygen atoms in total. The van der Waals surface area contributed by atoms with E-state index in [4.69, 9.17) is 4.52 Å². The number of fused-ring (bicyclic) bond motifs is 1. The molecule has 132 valence electrons. The molecule has 3 rings (SSSR count). The first kappa shape index (κ1) is 17.4. The largest absolute Gasteiger partial charge is 0.394 e. The molecule has 1 aromatic carbocycles. The standard InChI is InChI=1S/C19H24N4O2/c1-6-14(9-24)22-19-18-17(20-13(5)21-19)16(23-25-18)15-11(3)7-10(2)8-12(15)4/h7-8,14,24H,6,9H2,1-5H3,(H,20,21,22). The Kier molecular flexibility index (Phi) is 4.72. The lowest BCUT2D eigenvalue weighted by atomic mass is 9.97. The number of aliphatic hydroxyl groups excluding tert-OH is 1. The maximum Gasteiger partial charge on any atom is 0.228 e. The van der Waals surface area contributed by atoms with Gasteiger partial charge in [0.05, 0.1) is 12.6 Å². The van der Waals surface area contributed by atoms with Gasteiger partial charge in [-0.25, -0.2) is 9.97 Å². The van der Waals surface area contributed by atoms with E-state index in [0.29, 0.717) is 22.7 Å². The number of aromatic nitrogens is 3. The van der Waals surface area contributed by atoms with Crippen molar-refractivity contribution in [1.82, 2.24) is 15.1 Å². The fourth-order valence-corrected chi connectivity index (χ4v) is 3.23. The Morgan fingerprint density at radius 1 is 1.12 bits per heavy atom. The second-order valence-corrected chi connectivity index (χ2v) is 6.53. The Hall–Kier alpha value is -2.47. The smallest absolute Gasteiger partial charge is 0.228 e. The van der Waals surface area contributed by atoms with Crippen LogP contribution < -0.4 is 5.32 Å². The van der Waals surface area contributed by atoms with Crippen LogP contribution in [-0.2, 0) is 0 Å². The van der Waals surface area contributed by atoms with Gasteiger partial charge in [0.25, 0.3) is 0 Å². The summed E-state index contributed by atoms with van der Waals surface area (Å²) in [6.45, 7) is 10.1. The first-order valence-electron chi connectivity index (χ1n) is 8.54. The summed E-state index contributed by atoms with van der Waals surface area (Å²) in [6, 6.07) is 4.18. The molecule has 0 saturated carbocycles. The molecule has 0 amide bonds. The summed E-state index contributed by atoms with van der Waals surface area (Å²) in [7, 11) is 0. The molecular formula is C19H24N4O2. The number of benzene rings is 1. The SMILES string of the molecule is CCC(CO)Nc1nc(C)nc2c(-c3c(C)cc(C)cc3C)noc12. The van der Waals surface area contributed by atoms with Crippen LogP contribution in [0.3, 0.4) is 0 Å². The van der Waals surface area contributed by atoms with Crippen LogP contribution in [0.5, 0.6) is 0 Å². The third-order valence-electron chi connectivity index (χ3n) is 4.40. The second kappa shape index (κ2) is 6.80. The van der Waals surface area contributed by atoms with Crippen LogP contribution >= 0.6 is 0 Å². The van der Waals surface area contributed by atoms with Crippen molar-refractivity contribution >= 4 is 16.9 Å². The van der Waals surface area contributed by atoms with E-state index in [-0.39, 0.29) is 12.6 Å². The van der Waals surface area contributed by atoms with E-state index < -0.39 is 0 Å². The Balaban J connectivity index is 2.19. The van der Waals surface area contributed by atoms with Crippen LogP contribution in [0.2, 0.25) is 0 Å². The monoisotopic (exact) mass is 340 g/mol. The van der Waals surface area contributed by atoms with Crippen LogP contribution in [0.25, 0.3) is 22.4 Å². The summed E-state index contributed by atoms with van der Waals surface area (Å²) < 4.78 is 5.60. The number of nitrogens with zero attached hydrogens (tertiary/aromatic N) is 3. The lowest BCUT2D eigenvalue weighted by molar-refractivity contribution is 0.271. The highest BCUT2D eigenvalue weighted by atomic mass is 16.5. The summed E-state index contributed by atoms with van der Waals surface area (Å²) in [5, 5.41) is 17.0. The molecule has 0 radical (unpaired) electrons. The van der Waals surface area contributed by atoms with E-state index in [2.05, 4.69) is 53.3 Å². The first-order valence-corrected chi connectivity index (χ1v) is 8.54. The average Bonchev–Trinajstić information content (AvgIpc) is 2.95. The highest BCUT2D eigenvalue weighted by Gasteiger charge is 2.21. The van der Waals surface area contributed by atoms with E-state index in [0.717, 1.165) is 28.8 Å². The van der Waals surface area contributed by atoms with Crippen molar-refractivity contribution in [3.05, 3.63) is 34.6 Å². The first-order chi connectivity index (χ1) is 11.9. The van der Waals surface area contributed by atoms with E-state index in [1.807, 2.05) is 13.8 Å². The van der Waals surface area contributed by atoms with Crippen LogP contribution in [0, 0.1) is 27.7 Å². The van der Waals surface area contributed by atoms with Gasteiger partial charge in [0.15, 0.2) is 5.82 Å². The minimum atomic E-state index is -0.0890. The van der Waals surface area contributed by atoms with Gasteiger partial charge in [0, 0.05) is 5.56 Å². The van der Waals surface area contributed by atoms with E-state index >= 15 is 0 Å². The topological polar surface area (TPSA) is 84.1 Å². The van der Waals surface area contributed by atoms with Gasteiger partial charge in [0.1, 0.15) is 17.0 Å². The fourth-order valence-electron chi connectivity index (χ4n) is 3.23. The van der Waals surface area contributed by atoms with E-state index in [9.17, 15) is 5.11 Å². The zero-order valence-electron chi connectivity index (χ0n) is 15.3. The second-order valence-electron chi connectivity index (χ2n) is 6.53. The van der Waals surface area contributed by atoms with Gasteiger partial charge in [-0.05, 0) is 45.2 Å². The summed E-state index contributed by atoms with van der Waals surface area (Å²) in [5.74, 6) is 1.21. The number of aryl methyl sites for hydroxylation is 4. The molecule has 0 aliphatic carbocycles. The predicted molar refractivity (Wildman–Crippen MR) is 98.8 cm³/mol. The predicted octanol–water partition coefficient (Wildman–Crippen LogP) is 3.70. The molecule has 0 spiro atoms. The molecule has 3 aromatic rings. The normalized spacial score (nSPS) is 12.6. The van der Waals surface area contributed by atoms with Crippen molar-refractivity contribution in [2.24, 2.45) is 0 Å². The summed E-state index contributed by atoms with van der Waals surface area (Å²) in [6.07, 6.45) is 0.776. The third kappa shape index (κ3) is 3.22. The van der Waals surface area contributed by atoms with Crippen molar-refractivity contribution in [1.29, 1.82) is 0 Å². The molecule has 2 heterocycles. The Morgan fingerprint density at radius 2 is 1.80 bits per heavy atom. The lowest BCUT2D eigenvalue weighted by Crippen LogP contribution is -2.23. The molecule has 25 heavy (non-hydrogen) atoms. The fraction of sp³-hybridized carbons (Fsp3) is 0.421. The Morgan fingerprint density at radius 3 is 2.40 bits per heavy atom. The van der Waals surface area contributed by atoms with Gasteiger partial charge in [-0.2, -0.15) is 0 Å². The number of anilines is 1. The van der Waals surface area contributed by atoms with Crippen molar-refractivity contribution < 1.29 is 9.63 Å². The van der Waals surface area contributed by atoms with Gasteiger partial charge >= 0.3 is 0 Å². The molecule has 6 heteroatoms. The lowest BCUT2D eigenvalue weighted by Gasteiger charge is -2.14. The molecular weight excluding hydrogens is 316 g/mol. The molecule has 0 aliphatic heterocycles. The molecule has 0 saturated heterocycles. The highest BCUT2D eigenvalue weighted by molar-refractivity contribution is 5.95. The van der Waals surface area contributed by atoms with Crippen molar-refractivity contribution in [2.45, 2.75) is 47.1 Å². The van der Waals surface area contributed by atoms with Gasteiger partial charge in [-0.3, -0.25) is 0 Å². The number of rotatable bonds is 5. The van der Waals surface area contributed by atoms with Crippen LogP contribution in [0.4, 0.5) is 5.82 Å². The quantitative estimate of drug-likeness (QED) is 0.737. The summed E-state index contributed by atoms with van der Waals surface area (Å²) in [5.41, 5.74) is 6.48. The summed E-state index contributed by atoms with van der Waals surface area (Å²) >= 11 is 0. The minimum absolute atomic E-state index is 0.0260. The number of hydrogen-bond acceptors (Lipinski definition) is 6. The van der Waals surface area contributed by atoms with Gasteiger partial charge in [0.2, 0.25) is 5.58 Å².